The first-order valence-corrected chi connectivity index (χ1v) is 7.05. The molecule has 0 fully saturated rings. The van der Waals surface area contributed by atoms with Crippen LogP contribution in [-0.2, 0) is 6.54 Å². The second kappa shape index (κ2) is 5.74. The summed E-state index contributed by atoms with van der Waals surface area (Å²) in [6, 6.07) is 6.31. The van der Waals surface area contributed by atoms with Gasteiger partial charge in [0, 0.05) is 25.2 Å². The first-order valence-electron chi connectivity index (χ1n) is 7.05. The first kappa shape index (κ1) is 14.1. The van der Waals surface area contributed by atoms with Gasteiger partial charge in [-0.05, 0) is 46.2 Å². The zero-order chi connectivity index (χ0) is 13.9. The molecule has 1 N–H and O–H groups in total. The van der Waals surface area contributed by atoms with Crippen molar-refractivity contribution in [2.75, 3.05) is 18.0 Å². The van der Waals surface area contributed by atoms with Crippen LogP contribution >= 0.6 is 0 Å². The largest absolute Gasteiger partial charge is 0.352 e. The Labute approximate surface area is 116 Å². The summed E-state index contributed by atoms with van der Waals surface area (Å²) >= 11 is 0. The van der Waals surface area contributed by atoms with Gasteiger partial charge in [-0.15, -0.1) is 0 Å². The van der Waals surface area contributed by atoms with E-state index in [9.17, 15) is 0 Å². The molecule has 3 nitrogen and oxygen atoms in total. The molecule has 1 aliphatic rings. The highest BCUT2D eigenvalue weighted by Crippen LogP contribution is 2.17. The Balaban J connectivity index is 2.05. The summed E-state index contributed by atoms with van der Waals surface area (Å²) in [5.41, 5.74) is 2.67. The molecule has 0 spiro atoms. The van der Waals surface area contributed by atoms with Gasteiger partial charge in [-0.2, -0.15) is 0 Å². The molecule has 0 radical (unpaired) electrons. The number of pyridine rings is 1. The molecule has 2 rings (SSSR count). The van der Waals surface area contributed by atoms with Crippen LogP contribution in [0.3, 0.4) is 0 Å². The van der Waals surface area contributed by atoms with Gasteiger partial charge >= 0.3 is 0 Å². The van der Waals surface area contributed by atoms with Crippen LogP contribution in [0.15, 0.2) is 29.8 Å². The van der Waals surface area contributed by atoms with E-state index in [-0.39, 0.29) is 5.54 Å². The molecular formula is C16H25N3. The molecule has 1 aromatic heterocycles. The Morgan fingerprint density at radius 2 is 2.11 bits per heavy atom. The Bertz CT molecular complexity index is 457. The molecule has 0 amide bonds. The normalized spacial score (nSPS) is 16.4. The van der Waals surface area contributed by atoms with E-state index in [0.717, 1.165) is 37.6 Å². The minimum absolute atomic E-state index is 0.127. The van der Waals surface area contributed by atoms with E-state index in [4.69, 9.17) is 4.98 Å². The third-order valence-electron chi connectivity index (χ3n) is 3.25. The lowest BCUT2D eigenvalue weighted by molar-refractivity contribution is 0.421. The van der Waals surface area contributed by atoms with E-state index in [1.54, 1.807) is 0 Å². The summed E-state index contributed by atoms with van der Waals surface area (Å²) in [4.78, 5) is 7.13. The van der Waals surface area contributed by atoms with E-state index < -0.39 is 0 Å². The smallest absolute Gasteiger partial charge is 0.129 e. The highest BCUT2D eigenvalue weighted by Gasteiger charge is 2.13. The van der Waals surface area contributed by atoms with Crippen molar-refractivity contribution >= 4 is 5.82 Å². The van der Waals surface area contributed by atoms with Crippen molar-refractivity contribution in [1.82, 2.24) is 10.3 Å². The standard InChI is InChI=1S/C16H25N3/c1-13-7-6-10-19(12-13)15-9-5-8-14(18-15)11-17-16(2,3)4/h5,7-9,17H,6,10-12H2,1-4H3. The average molecular weight is 259 g/mol. The summed E-state index contributed by atoms with van der Waals surface area (Å²) in [5, 5.41) is 3.48. The number of nitrogens with zero attached hydrogens (tertiary/aromatic N) is 2. The maximum atomic E-state index is 4.77. The van der Waals surface area contributed by atoms with Gasteiger partial charge in [0.2, 0.25) is 0 Å². The molecule has 104 valence electrons. The van der Waals surface area contributed by atoms with E-state index >= 15 is 0 Å². The van der Waals surface area contributed by atoms with Crippen LogP contribution < -0.4 is 10.2 Å². The summed E-state index contributed by atoms with van der Waals surface area (Å²) in [5.74, 6) is 1.10. The summed E-state index contributed by atoms with van der Waals surface area (Å²) in [6.07, 6.45) is 3.44. The van der Waals surface area contributed by atoms with E-state index in [2.05, 4.69) is 62.2 Å². The molecule has 1 aliphatic heterocycles. The molecule has 0 aromatic carbocycles. The highest BCUT2D eigenvalue weighted by atomic mass is 15.2. The molecular weight excluding hydrogens is 234 g/mol. The number of hydrogen-bond donors (Lipinski definition) is 1. The lowest BCUT2D eigenvalue weighted by atomic mass is 10.1. The Hall–Kier alpha value is -1.35. The van der Waals surface area contributed by atoms with Gasteiger partial charge in [0.15, 0.2) is 0 Å². The van der Waals surface area contributed by atoms with Crippen molar-refractivity contribution in [3.63, 3.8) is 0 Å². The molecule has 2 heterocycles. The minimum atomic E-state index is 0.127. The van der Waals surface area contributed by atoms with Crippen LogP contribution in [-0.4, -0.2) is 23.6 Å². The molecule has 0 unspecified atom stereocenters. The van der Waals surface area contributed by atoms with Crippen molar-refractivity contribution in [2.45, 2.75) is 46.2 Å². The second-order valence-corrected chi connectivity index (χ2v) is 6.35. The van der Waals surface area contributed by atoms with Gasteiger partial charge in [-0.1, -0.05) is 17.7 Å². The minimum Gasteiger partial charge on any atom is -0.352 e. The average Bonchev–Trinajstić information content (AvgIpc) is 2.36. The van der Waals surface area contributed by atoms with Gasteiger partial charge in [-0.3, -0.25) is 0 Å². The Kier molecular flexibility index (Phi) is 4.25. The van der Waals surface area contributed by atoms with Gasteiger partial charge in [-0.25, -0.2) is 4.98 Å². The number of nitrogens with one attached hydrogen (secondary N) is 1. The SMILES string of the molecule is CC1=CCCN(c2cccc(CNC(C)(C)C)n2)C1. The number of rotatable bonds is 3. The van der Waals surface area contributed by atoms with Crippen LogP contribution in [0.25, 0.3) is 0 Å². The molecule has 0 atom stereocenters. The maximum Gasteiger partial charge on any atom is 0.129 e. The van der Waals surface area contributed by atoms with Crippen LogP contribution in [0.1, 0.15) is 39.8 Å². The van der Waals surface area contributed by atoms with Gasteiger partial charge in [0.1, 0.15) is 5.82 Å². The molecule has 0 saturated heterocycles. The van der Waals surface area contributed by atoms with E-state index in [1.807, 2.05) is 0 Å². The van der Waals surface area contributed by atoms with E-state index in [1.165, 1.54) is 5.57 Å². The molecule has 3 heteroatoms. The van der Waals surface area contributed by atoms with Crippen LogP contribution in [0.2, 0.25) is 0 Å². The molecule has 0 saturated carbocycles. The fourth-order valence-corrected chi connectivity index (χ4v) is 2.20. The topological polar surface area (TPSA) is 28.2 Å². The molecule has 0 aliphatic carbocycles. The number of hydrogen-bond acceptors (Lipinski definition) is 3. The third kappa shape index (κ3) is 4.35. The number of aromatic nitrogens is 1. The first-order chi connectivity index (χ1) is 8.94. The fourth-order valence-electron chi connectivity index (χ4n) is 2.20. The second-order valence-electron chi connectivity index (χ2n) is 6.35. The summed E-state index contributed by atoms with van der Waals surface area (Å²) in [6.45, 7) is 11.6. The summed E-state index contributed by atoms with van der Waals surface area (Å²) < 4.78 is 0. The zero-order valence-corrected chi connectivity index (χ0v) is 12.5. The van der Waals surface area contributed by atoms with E-state index in [0.29, 0.717) is 0 Å². The van der Waals surface area contributed by atoms with Crippen molar-refractivity contribution in [2.24, 2.45) is 0 Å². The van der Waals surface area contributed by atoms with Crippen molar-refractivity contribution in [3.05, 3.63) is 35.5 Å². The highest BCUT2D eigenvalue weighted by molar-refractivity contribution is 5.42. The van der Waals surface area contributed by atoms with Gasteiger partial charge < -0.3 is 10.2 Å². The van der Waals surface area contributed by atoms with Crippen molar-refractivity contribution < 1.29 is 0 Å². The van der Waals surface area contributed by atoms with Gasteiger partial charge in [0.25, 0.3) is 0 Å². The summed E-state index contributed by atoms with van der Waals surface area (Å²) in [7, 11) is 0. The monoisotopic (exact) mass is 259 g/mol. The fraction of sp³-hybridized carbons (Fsp3) is 0.562. The molecule has 19 heavy (non-hydrogen) atoms. The lowest BCUT2D eigenvalue weighted by Gasteiger charge is -2.27. The predicted octanol–water partition coefficient (Wildman–Crippen LogP) is 3.13. The quantitative estimate of drug-likeness (QED) is 0.845. The lowest BCUT2D eigenvalue weighted by Crippen LogP contribution is -2.35. The van der Waals surface area contributed by atoms with Crippen LogP contribution in [0.5, 0.6) is 0 Å². The van der Waals surface area contributed by atoms with Crippen LogP contribution in [0.4, 0.5) is 5.82 Å². The van der Waals surface area contributed by atoms with Crippen molar-refractivity contribution in [1.29, 1.82) is 0 Å². The maximum absolute atomic E-state index is 4.77. The Morgan fingerprint density at radius 1 is 1.32 bits per heavy atom. The van der Waals surface area contributed by atoms with Crippen molar-refractivity contribution in [3.8, 4) is 0 Å². The zero-order valence-electron chi connectivity index (χ0n) is 12.5. The molecule has 0 bridgehead atoms. The predicted molar refractivity (Wildman–Crippen MR) is 81.4 cm³/mol. The Morgan fingerprint density at radius 3 is 2.79 bits per heavy atom. The van der Waals surface area contributed by atoms with Crippen LogP contribution in [0, 0.1) is 0 Å². The van der Waals surface area contributed by atoms with Gasteiger partial charge in [0.05, 0.1) is 5.69 Å². The molecule has 1 aromatic rings. The number of anilines is 1. The third-order valence-corrected chi connectivity index (χ3v) is 3.25.